The molecule has 3 N–H and O–H groups in total. The highest BCUT2D eigenvalue weighted by Gasteiger charge is 2.22. The van der Waals surface area contributed by atoms with E-state index in [9.17, 15) is 18.8 Å². The molecule has 0 unspecified atom stereocenters. The number of hydrogen-bond acceptors (Lipinski definition) is 4. The summed E-state index contributed by atoms with van der Waals surface area (Å²) in [6.45, 7) is 0. The van der Waals surface area contributed by atoms with Crippen LogP contribution in [0.5, 0.6) is 5.75 Å². The number of nitrogens with one attached hydrogen (secondary N) is 3. The Morgan fingerprint density at radius 1 is 0.912 bits per heavy atom. The number of ether oxygens (including phenoxy) is 1. The number of rotatable bonds is 5. The van der Waals surface area contributed by atoms with Crippen LogP contribution in [-0.2, 0) is 9.59 Å². The summed E-state index contributed by atoms with van der Waals surface area (Å²) in [5, 5.41) is 5.87. The predicted octanol–water partition coefficient (Wildman–Crippen LogP) is 4.40. The van der Waals surface area contributed by atoms with Crippen LogP contribution in [0.4, 0.5) is 15.8 Å². The number of anilines is 2. The highest BCUT2D eigenvalue weighted by atomic mass is 35.5. The zero-order valence-corrected chi connectivity index (χ0v) is 18.5. The van der Waals surface area contributed by atoms with Gasteiger partial charge in [0, 0.05) is 16.1 Å². The molecule has 0 fully saturated rings. The molecule has 0 aliphatic carbocycles. The van der Waals surface area contributed by atoms with Crippen molar-refractivity contribution in [3.8, 4) is 5.75 Å². The predicted molar refractivity (Wildman–Crippen MR) is 127 cm³/mol. The second-order valence-corrected chi connectivity index (χ2v) is 7.56. The van der Waals surface area contributed by atoms with Crippen LogP contribution in [0, 0.1) is 5.82 Å². The van der Waals surface area contributed by atoms with E-state index in [1.165, 1.54) is 31.4 Å². The Bertz CT molecular complexity index is 1400. The van der Waals surface area contributed by atoms with Crippen LogP contribution >= 0.6 is 11.6 Å². The molecule has 0 spiro atoms. The largest absolute Gasteiger partial charge is 0.497 e. The van der Waals surface area contributed by atoms with Gasteiger partial charge in [-0.3, -0.25) is 19.8 Å². The average molecular weight is 481 g/mol. The third kappa shape index (κ3) is 4.84. The van der Waals surface area contributed by atoms with Crippen molar-refractivity contribution in [2.45, 2.75) is 0 Å². The van der Waals surface area contributed by atoms with E-state index in [1.54, 1.807) is 48.5 Å². The van der Waals surface area contributed by atoms with Gasteiger partial charge in [-0.15, -0.1) is 0 Å². The molecule has 0 atom stereocenters. The van der Waals surface area contributed by atoms with E-state index in [0.717, 1.165) is 4.68 Å². The molecule has 1 heterocycles. The molecule has 3 amide bonds. The molecule has 0 radical (unpaired) electrons. The Hall–Kier alpha value is -4.37. The molecule has 0 saturated carbocycles. The third-order valence-corrected chi connectivity index (χ3v) is 5.12. The Kier molecular flexibility index (Phi) is 6.46. The molecule has 34 heavy (non-hydrogen) atoms. The summed E-state index contributed by atoms with van der Waals surface area (Å²) in [4.78, 5) is 38.1. The van der Waals surface area contributed by atoms with Gasteiger partial charge in [0.05, 0.1) is 18.3 Å². The zero-order valence-electron chi connectivity index (χ0n) is 17.8. The van der Waals surface area contributed by atoms with E-state index >= 15 is 0 Å². The average Bonchev–Trinajstić information content (AvgIpc) is 3.18. The number of nitrogens with zero attached hydrogens (tertiary/aromatic N) is 1. The van der Waals surface area contributed by atoms with E-state index in [-0.39, 0.29) is 11.4 Å². The van der Waals surface area contributed by atoms with Crippen molar-refractivity contribution in [2.75, 3.05) is 23.2 Å². The monoisotopic (exact) mass is 480 g/mol. The second-order valence-electron chi connectivity index (χ2n) is 7.13. The fraction of sp³-hybridized carbons (Fsp3) is 0.0417. The van der Waals surface area contributed by atoms with Crippen molar-refractivity contribution < 1.29 is 23.5 Å². The summed E-state index contributed by atoms with van der Waals surface area (Å²) >= 11 is 6.06. The zero-order chi connectivity index (χ0) is 24.2. The SMILES string of the molecule is COc1ccc(NC(=O)C(=O)Nn2c(C(=O)Nc3ccccc3F)cc3cc(Cl)ccc32)cc1. The van der Waals surface area contributed by atoms with E-state index in [2.05, 4.69) is 16.1 Å². The first kappa shape index (κ1) is 22.8. The van der Waals surface area contributed by atoms with E-state index < -0.39 is 23.5 Å². The van der Waals surface area contributed by atoms with Crippen LogP contribution in [0.1, 0.15) is 10.5 Å². The first-order valence-electron chi connectivity index (χ1n) is 9.99. The van der Waals surface area contributed by atoms with Gasteiger partial charge in [-0.25, -0.2) is 9.07 Å². The number of aromatic nitrogens is 1. The maximum Gasteiger partial charge on any atom is 0.328 e. The van der Waals surface area contributed by atoms with Gasteiger partial charge in [-0.2, -0.15) is 0 Å². The lowest BCUT2D eigenvalue weighted by molar-refractivity contribution is -0.133. The fourth-order valence-electron chi connectivity index (χ4n) is 3.24. The first-order valence-corrected chi connectivity index (χ1v) is 10.4. The van der Waals surface area contributed by atoms with Gasteiger partial charge in [0.1, 0.15) is 17.3 Å². The van der Waals surface area contributed by atoms with Crippen LogP contribution < -0.4 is 20.8 Å². The van der Waals surface area contributed by atoms with Gasteiger partial charge >= 0.3 is 11.8 Å². The quantitative estimate of drug-likeness (QED) is 0.368. The molecule has 0 aliphatic rings. The van der Waals surface area contributed by atoms with E-state index in [4.69, 9.17) is 16.3 Å². The second kappa shape index (κ2) is 9.63. The van der Waals surface area contributed by atoms with Crippen molar-refractivity contribution in [1.82, 2.24) is 4.68 Å². The van der Waals surface area contributed by atoms with Crippen LogP contribution in [0.2, 0.25) is 5.02 Å². The standard InChI is InChI=1S/C24H18ClFN4O4/c1-34-17-9-7-16(8-10-17)27-23(32)24(33)29-30-20-11-6-15(25)12-14(20)13-21(30)22(31)28-19-5-3-2-4-18(19)26/h2-13H,1H3,(H,27,32)(H,28,31)(H,29,33). The van der Waals surface area contributed by atoms with Crippen LogP contribution in [0.25, 0.3) is 10.9 Å². The molecule has 0 saturated heterocycles. The minimum Gasteiger partial charge on any atom is -0.497 e. The summed E-state index contributed by atoms with van der Waals surface area (Å²) in [5.41, 5.74) is 3.14. The van der Waals surface area contributed by atoms with Crippen LogP contribution in [-0.4, -0.2) is 29.5 Å². The summed E-state index contributed by atoms with van der Waals surface area (Å²) < 4.78 is 20.2. The Morgan fingerprint density at radius 2 is 1.65 bits per heavy atom. The summed E-state index contributed by atoms with van der Waals surface area (Å²) in [6.07, 6.45) is 0. The third-order valence-electron chi connectivity index (χ3n) is 4.89. The number of fused-ring (bicyclic) bond motifs is 1. The maximum absolute atomic E-state index is 14.0. The molecular weight excluding hydrogens is 463 g/mol. The molecule has 3 aromatic carbocycles. The number of para-hydroxylation sites is 1. The molecule has 172 valence electrons. The smallest absolute Gasteiger partial charge is 0.328 e. The Morgan fingerprint density at radius 3 is 2.35 bits per heavy atom. The number of benzene rings is 3. The number of amides is 3. The van der Waals surface area contributed by atoms with Gasteiger partial charge in [0.15, 0.2) is 0 Å². The van der Waals surface area contributed by atoms with Gasteiger partial charge in [0.25, 0.3) is 5.91 Å². The number of carbonyl (C=O) groups is 3. The number of halogens is 2. The number of carbonyl (C=O) groups excluding carboxylic acids is 3. The Balaban J connectivity index is 1.61. The maximum atomic E-state index is 14.0. The first-order chi connectivity index (χ1) is 16.4. The molecule has 1 aromatic heterocycles. The van der Waals surface area contributed by atoms with Gasteiger partial charge < -0.3 is 15.4 Å². The molecular formula is C24H18ClFN4O4. The molecule has 0 bridgehead atoms. The van der Waals surface area contributed by atoms with E-state index in [0.29, 0.717) is 27.4 Å². The highest BCUT2D eigenvalue weighted by molar-refractivity contribution is 6.42. The Labute approximate surface area is 198 Å². The lowest BCUT2D eigenvalue weighted by Crippen LogP contribution is -2.36. The van der Waals surface area contributed by atoms with Crippen molar-refractivity contribution in [1.29, 1.82) is 0 Å². The highest BCUT2D eigenvalue weighted by Crippen LogP contribution is 2.24. The van der Waals surface area contributed by atoms with Crippen LogP contribution in [0.15, 0.2) is 72.8 Å². The van der Waals surface area contributed by atoms with Crippen molar-refractivity contribution in [3.63, 3.8) is 0 Å². The normalized spacial score (nSPS) is 10.6. The minimum atomic E-state index is -1.02. The van der Waals surface area contributed by atoms with Gasteiger partial charge in [-0.05, 0) is 60.7 Å². The fourth-order valence-corrected chi connectivity index (χ4v) is 3.42. The lowest BCUT2D eigenvalue weighted by Gasteiger charge is -2.13. The van der Waals surface area contributed by atoms with Crippen molar-refractivity contribution >= 4 is 51.6 Å². The minimum absolute atomic E-state index is 0.0360. The van der Waals surface area contributed by atoms with Crippen molar-refractivity contribution in [2.24, 2.45) is 0 Å². The summed E-state index contributed by atoms with van der Waals surface area (Å²) in [7, 11) is 1.51. The molecule has 4 rings (SSSR count). The summed E-state index contributed by atoms with van der Waals surface area (Å²) in [6, 6.07) is 18.3. The molecule has 8 nitrogen and oxygen atoms in total. The van der Waals surface area contributed by atoms with Crippen LogP contribution in [0.3, 0.4) is 0 Å². The topological polar surface area (TPSA) is 101 Å². The molecule has 4 aromatic rings. The number of hydrogen-bond donors (Lipinski definition) is 3. The van der Waals surface area contributed by atoms with E-state index in [1.807, 2.05) is 0 Å². The van der Waals surface area contributed by atoms with Crippen molar-refractivity contribution in [3.05, 3.63) is 89.3 Å². The molecule has 10 heteroatoms. The van der Waals surface area contributed by atoms with Gasteiger partial charge in [0.2, 0.25) is 0 Å². The van der Waals surface area contributed by atoms with Gasteiger partial charge in [-0.1, -0.05) is 23.7 Å². The number of methoxy groups -OCH3 is 1. The summed E-state index contributed by atoms with van der Waals surface area (Å²) in [5.74, 6) is -2.71. The lowest BCUT2D eigenvalue weighted by atomic mass is 10.2. The molecule has 0 aliphatic heterocycles.